The number of carbonyl (C=O) groups is 2. The minimum atomic E-state index is -1.62. The summed E-state index contributed by atoms with van der Waals surface area (Å²) in [6, 6.07) is 11.8. The molecule has 3 amide bonds. The summed E-state index contributed by atoms with van der Waals surface area (Å²) in [4.78, 5) is 24.6. The van der Waals surface area contributed by atoms with Crippen molar-refractivity contribution in [3.63, 3.8) is 0 Å². The fraction of sp³-hybridized carbons (Fsp3) is 0.174. The molecule has 2 heterocycles. The number of aromatic hydroxyl groups is 1. The van der Waals surface area contributed by atoms with Gasteiger partial charge >= 0.3 is 6.03 Å². The first-order valence-electron chi connectivity index (χ1n) is 9.38. The molecule has 0 saturated carbocycles. The SMILES string of the molecule is COc1ccc2cn(C[C@@]3(C#Cc4cc(C)ccc4C#N)NC(=O)NC3=O)c(O)c2c1. The van der Waals surface area contributed by atoms with E-state index in [4.69, 9.17) is 4.74 Å². The van der Waals surface area contributed by atoms with Crippen molar-refractivity contribution in [2.45, 2.75) is 19.0 Å². The average Bonchev–Trinajstić information content (AvgIpc) is 3.21. The molecule has 0 unspecified atom stereocenters. The van der Waals surface area contributed by atoms with Crippen molar-refractivity contribution in [1.82, 2.24) is 15.2 Å². The molecule has 0 spiro atoms. The van der Waals surface area contributed by atoms with Crippen molar-refractivity contribution < 1.29 is 19.4 Å². The fourth-order valence-corrected chi connectivity index (χ4v) is 3.49. The number of ether oxygens (including phenoxy) is 1. The number of methoxy groups -OCH3 is 1. The van der Waals surface area contributed by atoms with Crippen LogP contribution < -0.4 is 15.4 Å². The van der Waals surface area contributed by atoms with E-state index < -0.39 is 17.5 Å². The van der Waals surface area contributed by atoms with E-state index in [0.717, 1.165) is 10.9 Å². The molecule has 1 aliphatic heterocycles. The van der Waals surface area contributed by atoms with Crippen LogP contribution in [0, 0.1) is 30.1 Å². The van der Waals surface area contributed by atoms with Crippen molar-refractivity contribution in [3.05, 3.63) is 59.3 Å². The van der Waals surface area contributed by atoms with Crippen LogP contribution in [0.5, 0.6) is 11.6 Å². The third-order valence-electron chi connectivity index (χ3n) is 5.12. The summed E-state index contributed by atoms with van der Waals surface area (Å²) < 4.78 is 6.65. The van der Waals surface area contributed by atoms with Crippen molar-refractivity contribution in [1.29, 1.82) is 5.26 Å². The van der Waals surface area contributed by atoms with Crippen LogP contribution in [0.2, 0.25) is 0 Å². The highest BCUT2D eigenvalue weighted by Crippen LogP contribution is 2.32. The number of hydrogen-bond acceptors (Lipinski definition) is 5. The van der Waals surface area contributed by atoms with E-state index in [1.54, 1.807) is 42.6 Å². The number of hydrogen-bond donors (Lipinski definition) is 3. The lowest BCUT2D eigenvalue weighted by molar-refractivity contribution is -0.122. The molecule has 1 fully saturated rings. The highest BCUT2D eigenvalue weighted by Gasteiger charge is 2.46. The predicted octanol–water partition coefficient (Wildman–Crippen LogP) is 2.17. The maximum Gasteiger partial charge on any atom is 0.323 e. The second-order valence-corrected chi connectivity index (χ2v) is 7.26. The highest BCUT2D eigenvalue weighted by atomic mass is 16.5. The number of amides is 3. The number of benzene rings is 2. The van der Waals surface area contributed by atoms with E-state index in [2.05, 4.69) is 28.5 Å². The van der Waals surface area contributed by atoms with Gasteiger partial charge in [-0.1, -0.05) is 17.9 Å². The summed E-state index contributed by atoms with van der Waals surface area (Å²) in [6.07, 6.45) is 1.67. The molecule has 0 bridgehead atoms. The minimum Gasteiger partial charge on any atom is -0.497 e. The van der Waals surface area contributed by atoms with Gasteiger partial charge in [0.05, 0.1) is 19.2 Å². The standard InChI is InChI=1S/C23H18N4O4/c1-14-3-4-16(11-24)15(9-14)7-8-23(21(29)25-22(30)26-23)13-27-12-17-5-6-18(31-2)10-19(17)20(27)28/h3-6,9-10,12,28H,13H2,1-2H3,(H2,25,26,29,30)/t23-/m1/s1. The Hall–Kier alpha value is -4.43. The lowest BCUT2D eigenvalue weighted by atomic mass is 9.98. The monoisotopic (exact) mass is 414 g/mol. The van der Waals surface area contributed by atoms with E-state index in [-0.39, 0.29) is 12.4 Å². The van der Waals surface area contributed by atoms with Crippen LogP contribution in [0.4, 0.5) is 4.79 Å². The Morgan fingerprint density at radius 2 is 2.00 bits per heavy atom. The third-order valence-corrected chi connectivity index (χ3v) is 5.12. The zero-order valence-electron chi connectivity index (χ0n) is 16.8. The molecule has 4 rings (SSSR count). The van der Waals surface area contributed by atoms with Gasteiger partial charge in [0.1, 0.15) is 11.8 Å². The molecular formula is C23H18N4O4. The number of aryl methyl sites for hydroxylation is 1. The van der Waals surface area contributed by atoms with Crippen LogP contribution in [0.15, 0.2) is 42.6 Å². The number of urea groups is 1. The van der Waals surface area contributed by atoms with Crippen LogP contribution >= 0.6 is 0 Å². The van der Waals surface area contributed by atoms with Crippen LogP contribution in [-0.4, -0.2) is 34.3 Å². The molecular weight excluding hydrogens is 396 g/mol. The number of nitriles is 1. The van der Waals surface area contributed by atoms with Gasteiger partial charge in [-0.3, -0.25) is 10.1 Å². The minimum absolute atomic E-state index is 0.0858. The molecule has 31 heavy (non-hydrogen) atoms. The second-order valence-electron chi connectivity index (χ2n) is 7.26. The number of rotatable bonds is 3. The normalized spacial score (nSPS) is 17.5. The fourth-order valence-electron chi connectivity index (χ4n) is 3.49. The molecule has 8 heteroatoms. The first-order chi connectivity index (χ1) is 14.8. The molecule has 1 saturated heterocycles. The van der Waals surface area contributed by atoms with Gasteiger partial charge in [-0.05, 0) is 42.8 Å². The van der Waals surface area contributed by atoms with Crippen LogP contribution in [0.3, 0.4) is 0 Å². The van der Waals surface area contributed by atoms with Gasteiger partial charge < -0.3 is 19.7 Å². The topological polar surface area (TPSA) is 116 Å². The first-order valence-corrected chi connectivity index (χ1v) is 9.38. The molecule has 3 aromatic rings. The van der Waals surface area contributed by atoms with Crippen LogP contribution in [0.1, 0.15) is 16.7 Å². The largest absolute Gasteiger partial charge is 0.497 e. The van der Waals surface area contributed by atoms with Crippen molar-refractivity contribution in [3.8, 4) is 29.5 Å². The number of imide groups is 1. The molecule has 1 aliphatic rings. The van der Waals surface area contributed by atoms with Gasteiger partial charge in [0.2, 0.25) is 5.54 Å². The smallest absolute Gasteiger partial charge is 0.323 e. The average molecular weight is 414 g/mol. The molecule has 0 aliphatic carbocycles. The summed E-state index contributed by atoms with van der Waals surface area (Å²) in [5.74, 6) is 5.56. The summed E-state index contributed by atoms with van der Waals surface area (Å²) in [7, 11) is 1.53. The number of fused-ring (bicyclic) bond motifs is 1. The summed E-state index contributed by atoms with van der Waals surface area (Å²) in [6.45, 7) is 1.73. The van der Waals surface area contributed by atoms with Crippen LogP contribution in [0.25, 0.3) is 10.8 Å². The molecule has 3 N–H and O–H groups in total. The summed E-state index contributed by atoms with van der Waals surface area (Å²) in [5.41, 5.74) is 0.0899. The Labute approximate surface area is 178 Å². The number of aromatic nitrogens is 1. The molecule has 1 atom stereocenters. The van der Waals surface area contributed by atoms with Crippen molar-refractivity contribution >= 4 is 22.7 Å². The lowest BCUT2D eigenvalue weighted by Crippen LogP contribution is -2.49. The summed E-state index contributed by atoms with van der Waals surface area (Å²) in [5, 5.41) is 26.1. The van der Waals surface area contributed by atoms with Gasteiger partial charge in [-0.15, -0.1) is 0 Å². The number of carbonyl (C=O) groups excluding carboxylic acids is 2. The van der Waals surface area contributed by atoms with Gasteiger partial charge in [0, 0.05) is 22.5 Å². The number of nitrogens with one attached hydrogen (secondary N) is 2. The Bertz CT molecular complexity index is 1340. The molecule has 0 radical (unpaired) electrons. The molecule has 1 aromatic heterocycles. The number of nitrogens with zero attached hydrogens (tertiary/aromatic N) is 2. The Morgan fingerprint density at radius 1 is 1.19 bits per heavy atom. The zero-order valence-corrected chi connectivity index (χ0v) is 16.8. The Morgan fingerprint density at radius 3 is 2.68 bits per heavy atom. The molecule has 2 aromatic carbocycles. The van der Waals surface area contributed by atoms with E-state index in [1.807, 2.05) is 6.92 Å². The van der Waals surface area contributed by atoms with E-state index in [1.165, 1.54) is 11.7 Å². The Kier molecular flexibility index (Phi) is 4.76. The van der Waals surface area contributed by atoms with Crippen molar-refractivity contribution in [2.24, 2.45) is 0 Å². The zero-order chi connectivity index (χ0) is 22.2. The van der Waals surface area contributed by atoms with E-state index in [0.29, 0.717) is 22.3 Å². The maximum absolute atomic E-state index is 12.7. The van der Waals surface area contributed by atoms with Gasteiger partial charge in [-0.25, -0.2) is 4.79 Å². The van der Waals surface area contributed by atoms with Crippen LogP contribution in [-0.2, 0) is 11.3 Å². The third kappa shape index (κ3) is 3.52. The quantitative estimate of drug-likeness (QED) is 0.449. The first kappa shape index (κ1) is 19.9. The van der Waals surface area contributed by atoms with Crippen molar-refractivity contribution in [2.75, 3.05) is 7.11 Å². The van der Waals surface area contributed by atoms with E-state index >= 15 is 0 Å². The maximum atomic E-state index is 12.7. The molecule has 8 nitrogen and oxygen atoms in total. The van der Waals surface area contributed by atoms with Gasteiger partial charge in [0.15, 0.2) is 5.88 Å². The Balaban J connectivity index is 1.80. The molecule has 154 valence electrons. The van der Waals surface area contributed by atoms with Gasteiger partial charge in [-0.2, -0.15) is 5.26 Å². The predicted molar refractivity (Wildman–Crippen MR) is 112 cm³/mol. The van der Waals surface area contributed by atoms with Gasteiger partial charge in [0.25, 0.3) is 5.91 Å². The second kappa shape index (κ2) is 7.43. The van der Waals surface area contributed by atoms with E-state index in [9.17, 15) is 20.0 Å². The summed E-state index contributed by atoms with van der Waals surface area (Å²) >= 11 is 0. The highest BCUT2D eigenvalue weighted by molar-refractivity contribution is 6.09. The lowest BCUT2D eigenvalue weighted by Gasteiger charge is -2.20.